The molecular weight excluding hydrogens is 324 g/mol. The molecule has 2 heterocycles. The molecule has 0 spiro atoms. The number of amides is 2. The van der Waals surface area contributed by atoms with Crippen molar-refractivity contribution in [2.75, 3.05) is 25.0 Å². The van der Waals surface area contributed by atoms with Crippen LogP contribution in [0.2, 0.25) is 0 Å². The number of thiazole rings is 1. The molecule has 0 aromatic carbocycles. The van der Waals surface area contributed by atoms with Crippen molar-refractivity contribution in [2.45, 2.75) is 52.0 Å². The largest absolute Gasteiger partial charge is 0.353 e. The van der Waals surface area contributed by atoms with Gasteiger partial charge in [-0.2, -0.15) is 0 Å². The van der Waals surface area contributed by atoms with E-state index in [1.807, 2.05) is 6.92 Å². The van der Waals surface area contributed by atoms with Crippen LogP contribution in [0.5, 0.6) is 0 Å². The van der Waals surface area contributed by atoms with Crippen molar-refractivity contribution in [1.82, 2.24) is 15.2 Å². The van der Waals surface area contributed by atoms with Gasteiger partial charge in [-0.25, -0.2) is 4.98 Å². The fraction of sp³-hybridized carbons (Fsp3) is 0.706. The lowest BCUT2D eigenvalue weighted by Gasteiger charge is -2.30. The van der Waals surface area contributed by atoms with Gasteiger partial charge in [0.1, 0.15) is 0 Å². The molecule has 0 unspecified atom stereocenters. The number of rotatable bonds is 6. The summed E-state index contributed by atoms with van der Waals surface area (Å²) in [6.07, 6.45) is 4.81. The van der Waals surface area contributed by atoms with Gasteiger partial charge in [0.05, 0.1) is 12.2 Å². The summed E-state index contributed by atoms with van der Waals surface area (Å²) in [5, 5.41) is 6.67. The number of carbonyl (C=O) groups excluding carboxylic acids is 2. The van der Waals surface area contributed by atoms with E-state index in [0.717, 1.165) is 55.8 Å². The number of carbonyl (C=O) groups is 2. The zero-order valence-electron chi connectivity index (χ0n) is 14.4. The van der Waals surface area contributed by atoms with E-state index < -0.39 is 0 Å². The second-order valence-electron chi connectivity index (χ2n) is 6.76. The summed E-state index contributed by atoms with van der Waals surface area (Å²) >= 11 is 1.53. The summed E-state index contributed by atoms with van der Waals surface area (Å²) < 4.78 is 0. The van der Waals surface area contributed by atoms with Crippen LogP contribution < -0.4 is 10.6 Å². The Morgan fingerprint density at radius 3 is 2.54 bits per heavy atom. The Hall–Kier alpha value is -1.47. The third-order valence-electron chi connectivity index (χ3n) is 4.72. The van der Waals surface area contributed by atoms with Crippen LogP contribution in [0.3, 0.4) is 0 Å². The Morgan fingerprint density at radius 1 is 1.25 bits per heavy atom. The second kappa shape index (κ2) is 7.61. The monoisotopic (exact) mass is 350 g/mol. The molecule has 1 aliphatic heterocycles. The van der Waals surface area contributed by atoms with Gasteiger partial charge in [0, 0.05) is 16.8 Å². The topological polar surface area (TPSA) is 74.3 Å². The van der Waals surface area contributed by atoms with E-state index in [1.165, 1.54) is 11.3 Å². The van der Waals surface area contributed by atoms with E-state index in [2.05, 4.69) is 27.4 Å². The first-order chi connectivity index (χ1) is 11.5. The van der Waals surface area contributed by atoms with Crippen LogP contribution in [-0.4, -0.2) is 47.4 Å². The molecule has 1 aromatic rings. The average molecular weight is 350 g/mol. The number of aromatic nitrogens is 1. The average Bonchev–Trinajstić information content (AvgIpc) is 3.29. The maximum atomic E-state index is 12.2. The minimum atomic E-state index is -0.0210. The van der Waals surface area contributed by atoms with Gasteiger partial charge in [0.15, 0.2) is 5.13 Å². The van der Waals surface area contributed by atoms with E-state index in [9.17, 15) is 9.59 Å². The van der Waals surface area contributed by atoms with Crippen molar-refractivity contribution >= 4 is 28.3 Å². The van der Waals surface area contributed by atoms with Crippen LogP contribution in [0.15, 0.2) is 0 Å². The molecule has 2 fully saturated rings. The molecule has 7 heteroatoms. The molecule has 2 amide bonds. The fourth-order valence-electron chi connectivity index (χ4n) is 3.07. The molecule has 1 aromatic heterocycles. The van der Waals surface area contributed by atoms with Gasteiger partial charge in [-0.3, -0.25) is 14.5 Å². The SMILES string of the molecule is CCc1nc(NC(=O)CN2CCC(C(=O)NC3CC3)CC2)sc1C. The summed E-state index contributed by atoms with van der Waals surface area (Å²) in [6.45, 7) is 6.07. The summed E-state index contributed by atoms with van der Waals surface area (Å²) in [6, 6.07) is 0.427. The van der Waals surface area contributed by atoms with Crippen LogP contribution in [0.4, 0.5) is 5.13 Å². The summed E-state index contributed by atoms with van der Waals surface area (Å²) in [7, 11) is 0. The minimum absolute atomic E-state index is 0.0210. The Kier molecular flexibility index (Phi) is 5.50. The molecule has 0 bridgehead atoms. The van der Waals surface area contributed by atoms with Gasteiger partial charge in [-0.1, -0.05) is 6.92 Å². The maximum absolute atomic E-state index is 12.2. The number of likely N-dealkylation sites (tertiary alicyclic amines) is 1. The van der Waals surface area contributed by atoms with Crippen LogP contribution in [-0.2, 0) is 16.0 Å². The van der Waals surface area contributed by atoms with Crippen molar-refractivity contribution < 1.29 is 9.59 Å². The maximum Gasteiger partial charge on any atom is 0.240 e. The van der Waals surface area contributed by atoms with Crippen molar-refractivity contribution in [2.24, 2.45) is 5.92 Å². The predicted octanol–water partition coefficient (Wildman–Crippen LogP) is 1.94. The summed E-state index contributed by atoms with van der Waals surface area (Å²) in [4.78, 5) is 32.0. The van der Waals surface area contributed by atoms with E-state index in [4.69, 9.17) is 0 Å². The van der Waals surface area contributed by atoms with Gasteiger partial charge >= 0.3 is 0 Å². The van der Waals surface area contributed by atoms with Gasteiger partial charge in [0.25, 0.3) is 0 Å². The Balaban J connectivity index is 1.41. The lowest BCUT2D eigenvalue weighted by atomic mass is 9.96. The third kappa shape index (κ3) is 4.54. The molecular formula is C17H26N4O2S. The van der Waals surface area contributed by atoms with Gasteiger partial charge in [-0.05, 0) is 52.1 Å². The molecule has 0 radical (unpaired) electrons. The fourth-order valence-corrected chi connectivity index (χ4v) is 3.99. The van der Waals surface area contributed by atoms with Crippen LogP contribution in [0, 0.1) is 12.8 Å². The molecule has 1 saturated heterocycles. The van der Waals surface area contributed by atoms with E-state index in [-0.39, 0.29) is 17.7 Å². The van der Waals surface area contributed by atoms with Crippen molar-refractivity contribution in [3.8, 4) is 0 Å². The summed E-state index contributed by atoms with van der Waals surface area (Å²) in [5.74, 6) is 0.290. The van der Waals surface area contributed by atoms with Crippen molar-refractivity contribution in [1.29, 1.82) is 0 Å². The molecule has 2 aliphatic rings. The molecule has 1 aliphatic carbocycles. The van der Waals surface area contributed by atoms with E-state index in [1.54, 1.807) is 0 Å². The number of nitrogens with zero attached hydrogens (tertiary/aromatic N) is 2. The highest BCUT2D eigenvalue weighted by Crippen LogP contribution is 2.24. The molecule has 1 saturated carbocycles. The summed E-state index contributed by atoms with van der Waals surface area (Å²) in [5.41, 5.74) is 1.05. The van der Waals surface area contributed by atoms with Gasteiger partial charge in [-0.15, -0.1) is 11.3 Å². The van der Waals surface area contributed by atoms with Crippen molar-refractivity contribution in [3.05, 3.63) is 10.6 Å². The third-order valence-corrected chi connectivity index (χ3v) is 5.65. The molecule has 6 nitrogen and oxygen atoms in total. The highest BCUT2D eigenvalue weighted by atomic mass is 32.1. The van der Waals surface area contributed by atoms with E-state index in [0.29, 0.717) is 17.7 Å². The predicted molar refractivity (Wildman–Crippen MR) is 95.2 cm³/mol. The Morgan fingerprint density at radius 2 is 1.96 bits per heavy atom. The lowest BCUT2D eigenvalue weighted by molar-refractivity contribution is -0.126. The van der Waals surface area contributed by atoms with E-state index >= 15 is 0 Å². The number of piperidine rings is 1. The molecule has 0 atom stereocenters. The lowest BCUT2D eigenvalue weighted by Crippen LogP contribution is -2.43. The molecule has 2 N–H and O–H groups in total. The molecule has 132 valence electrons. The number of hydrogen-bond acceptors (Lipinski definition) is 5. The van der Waals surface area contributed by atoms with Gasteiger partial charge < -0.3 is 10.6 Å². The number of anilines is 1. The standard InChI is InChI=1S/C17H26N4O2S/c1-3-14-11(2)24-17(19-14)20-15(22)10-21-8-6-12(7-9-21)16(23)18-13-4-5-13/h12-13H,3-10H2,1-2H3,(H,18,23)(H,19,20,22). The van der Waals surface area contributed by atoms with Crippen molar-refractivity contribution in [3.63, 3.8) is 0 Å². The number of hydrogen-bond donors (Lipinski definition) is 2. The molecule has 3 rings (SSSR count). The first-order valence-corrected chi connectivity index (χ1v) is 9.65. The zero-order valence-corrected chi connectivity index (χ0v) is 15.2. The zero-order chi connectivity index (χ0) is 17.1. The smallest absolute Gasteiger partial charge is 0.240 e. The quantitative estimate of drug-likeness (QED) is 0.822. The molecule has 24 heavy (non-hydrogen) atoms. The number of nitrogens with one attached hydrogen (secondary N) is 2. The second-order valence-corrected chi connectivity index (χ2v) is 7.96. The minimum Gasteiger partial charge on any atom is -0.353 e. The Bertz CT molecular complexity index is 604. The number of aryl methyl sites for hydroxylation is 2. The van der Waals surface area contributed by atoms with Crippen LogP contribution in [0.25, 0.3) is 0 Å². The Labute approximate surface area is 147 Å². The first-order valence-electron chi connectivity index (χ1n) is 8.84. The van der Waals surface area contributed by atoms with Crippen LogP contribution in [0.1, 0.15) is 43.2 Å². The normalized spacial score (nSPS) is 19.2. The highest BCUT2D eigenvalue weighted by molar-refractivity contribution is 7.15. The first kappa shape index (κ1) is 17.4. The van der Waals surface area contributed by atoms with Gasteiger partial charge in [0.2, 0.25) is 11.8 Å². The van der Waals surface area contributed by atoms with Crippen LogP contribution >= 0.6 is 11.3 Å². The highest BCUT2D eigenvalue weighted by Gasteiger charge is 2.30.